The molecule has 2 aromatic heterocycles. The minimum atomic E-state index is -0.197. The average Bonchev–Trinajstić information content (AvgIpc) is 2.66. The summed E-state index contributed by atoms with van der Waals surface area (Å²) in [5.41, 5.74) is 1.85. The predicted octanol–water partition coefficient (Wildman–Crippen LogP) is 2.04. The van der Waals surface area contributed by atoms with Gasteiger partial charge in [-0.15, -0.1) is 0 Å². The van der Waals surface area contributed by atoms with Crippen molar-refractivity contribution in [3.8, 4) is 0 Å². The fourth-order valence-electron chi connectivity index (χ4n) is 1.52. The summed E-state index contributed by atoms with van der Waals surface area (Å²) in [5, 5.41) is 0. The quantitative estimate of drug-likeness (QED) is 0.639. The second kappa shape index (κ2) is 4.82. The molecule has 0 aliphatic rings. The number of pyridine rings is 1. The van der Waals surface area contributed by atoms with Crippen LogP contribution in [0, 0.1) is 3.57 Å². The van der Waals surface area contributed by atoms with Gasteiger partial charge in [-0.3, -0.25) is 4.79 Å². The van der Waals surface area contributed by atoms with E-state index in [2.05, 4.69) is 27.6 Å². The molecule has 0 saturated heterocycles. The van der Waals surface area contributed by atoms with Crippen molar-refractivity contribution in [3.05, 3.63) is 33.8 Å². The molecule has 5 heteroatoms. The Morgan fingerprint density at radius 1 is 1.62 bits per heavy atom. The minimum Gasteiger partial charge on any atom is -0.466 e. The Morgan fingerprint density at radius 2 is 2.44 bits per heavy atom. The van der Waals surface area contributed by atoms with Crippen molar-refractivity contribution in [2.24, 2.45) is 0 Å². The zero-order valence-corrected chi connectivity index (χ0v) is 11.0. The van der Waals surface area contributed by atoms with Crippen LogP contribution in [0.1, 0.15) is 12.5 Å². The van der Waals surface area contributed by atoms with E-state index < -0.39 is 0 Å². The number of carbonyl (C=O) groups excluding carboxylic acids is 1. The van der Waals surface area contributed by atoms with Crippen LogP contribution in [0.15, 0.2) is 24.7 Å². The Balaban J connectivity index is 2.28. The molecule has 2 rings (SSSR count). The molecular weight excluding hydrogens is 319 g/mol. The van der Waals surface area contributed by atoms with E-state index in [1.807, 2.05) is 22.9 Å². The van der Waals surface area contributed by atoms with Crippen molar-refractivity contribution >= 4 is 34.2 Å². The first-order valence-electron chi connectivity index (χ1n) is 4.97. The highest BCUT2D eigenvalue weighted by molar-refractivity contribution is 14.1. The summed E-state index contributed by atoms with van der Waals surface area (Å²) in [6.07, 6.45) is 5.82. The highest BCUT2D eigenvalue weighted by Gasteiger charge is 2.07. The largest absolute Gasteiger partial charge is 0.466 e. The van der Waals surface area contributed by atoms with Gasteiger partial charge in [0.05, 0.1) is 16.6 Å². The smallest absolute Gasteiger partial charge is 0.310 e. The number of imidazole rings is 1. The Labute approximate surface area is 107 Å². The lowest BCUT2D eigenvalue weighted by atomic mass is 10.2. The molecule has 16 heavy (non-hydrogen) atoms. The number of halogens is 1. The lowest BCUT2D eigenvalue weighted by molar-refractivity contribution is -0.142. The molecule has 0 saturated carbocycles. The van der Waals surface area contributed by atoms with Crippen molar-refractivity contribution in [3.63, 3.8) is 0 Å². The predicted molar refractivity (Wildman–Crippen MR) is 68.2 cm³/mol. The van der Waals surface area contributed by atoms with Gasteiger partial charge in [-0.25, -0.2) is 4.98 Å². The monoisotopic (exact) mass is 330 g/mol. The van der Waals surface area contributed by atoms with E-state index in [-0.39, 0.29) is 5.97 Å². The number of ether oxygens (including phenoxy) is 1. The molecule has 84 valence electrons. The van der Waals surface area contributed by atoms with Gasteiger partial charge in [0.15, 0.2) is 0 Å². The van der Waals surface area contributed by atoms with Gasteiger partial charge in [-0.1, -0.05) is 0 Å². The fourth-order valence-corrected chi connectivity index (χ4v) is 2.34. The number of nitrogens with zero attached hydrogens (tertiary/aromatic N) is 2. The SMILES string of the molecule is CCOC(=O)Cc1cc(I)c2nccn2c1. The molecule has 0 fully saturated rings. The zero-order chi connectivity index (χ0) is 11.5. The molecule has 0 amide bonds. The van der Waals surface area contributed by atoms with Crippen LogP contribution in [-0.2, 0) is 16.0 Å². The van der Waals surface area contributed by atoms with Crippen molar-refractivity contribution in [1.29, 1.82) is 0 Å². The summed E-state index contributed by atoms with van der Waals surface area (Å²) in [7, 11) is 0. The lowest BCUT2D eigenvalue weighted by Crippen LogP contribution is -2.08. The second-order valence-electron chi connectivity index (χ2n) is 3.34. The van der Waals surface area contributed by atoms with E-state index in [4.69, 9.17) is 4.74 Å². The van der Waals surface area contributed by atoms with E-state index in [1.165, 1.54) is 0 Å². The zero-order valence-electron chi connectivity index (χ0n) is 8.81. The van der Waals surface area contributed by atoms with Crippen LogP contribution >= 0.6 is 22.6 Å². The number of carbonyl (C=O) groups is 1. The Hall–Kier alpha value is -1.11. The van der Waals surface area contributed by atoms with Crippen LogP contribution in [0.25, 0.3) is 5.65 Å². The normalized spacial score (nSPS) is 10.6. The van der Waals surface area contributed by atoms with Crippen LogP contribution in [0.2, 0.25) is 0 Å². The third-order valence-corrected chi connectivity index (χ3v) is 2.95. The molecule has 0 unspecified atom stereocenters. The van der Waals surface area contributed by atoms with Crippen molar-refractivity contribution in [2.75, 3.05) is 6.61 Å². The molecular formula is C11H11IN2O2. The Kier molecular flexibility index (Phi) is 3.42. The number of aromatic nitrogens is 2. The summed E-state index contributed by atoms with van der Waals surface area (Å²) in [4.78, 5) is 15.6. The van der Waals surface area contributed by atoms with Crippen molar-refractivity contribution in [1.82, 2.24) is 9.38 Å². The summed E-state index contributed by atoms with van der Waals surface area (Å²) in [5.74, 6) is -0.197. The molecule has 0 aromatic carbocycles. The maximum Gasteiger partial charge on any atom is 0.310 e. The number of hydrogen-bond donors (Lipinski definition) is 0. The number of esters is 1. The van der Waals surface area contributed by atoms with E-state index in [0.29, 0.717) is 13.0 Å². The van der Waals surface area contributed by atoms with E-state index in [1.54, 1.807) is 13.1 Å². The molecule has 2 heterocycles. The van der Waals surface area contributed by atoms with Gasteiger partial charge in [0.1, 0.15) is 5.65 Å². The highest BCUT2D eigenvalue weighted by Crippen LogP contribution is 2.15. The van der Waals surface area contributed by atoms with Gasteiger partial charge in [0.25, 0.3) is 0 Å². The number of fused-ring (bicyclic) bond motifs is 1. The van der Waals surface area contributed by atoms with Crippen LogP contribution in [0.5, 0.6) is 0 Å². The molecule has 0 atom stereocenters. The first kappa shape index (κ1) is 11.4. The first-order chi connectivity index (χ1) is 7.70. The molecule has 0 radical (unpaired) electrons. The Bertz CT molecular complexity index is 522. The van der Waals surface area contributed by atoms with Crippen molar-refractivity contribution < 1.29 is 9.53 Å². The molecule has 0 aliphatic heterocycles. The molecule has 2 aromatic rings. The minimum absolute atomic E-state index is 0.197. The van der Waals surface area contributed by atoms with Gasteiger partial charge in [0, 0.05) is 18.6 Å². The van der Waals surface area contributed by atoms with Gasteiger partial charge in [-0.2, -0.15) is 0 Å². The average molecular weight is 330 g/mol. The highest BCUT2D eigenvalue weighted by atomic mass is 127. The number of rotatable bonds is 3. The molecule has 4 nitrogen and oxygen atoms in total. The van der Waals surface area contributed by atoms with Crippen LogP contribution in [0.3, 0.4) is 0 Å². The van der Waals surface area contributed by atoms with Crippen molar-refractivity contribution in [2.45, 2.75) is 13.3 Å². The Morgan fingerprint density at radius 3 is 3.19 bits per heavy atom. The van der Waals surface area contributed by atoms with E-state index in [9.17, 15) is 4.79 Å². The fraction of sp³-hybridized carbons (Fsp3) is 0.273. The van der Waals surface area contributed by atoms with Gasteiger partial charge in [-0.05, 0) is 41.1 Å². The maximum absolute atomic E-state index is 11.3. The number of hydrogen-bond acceptors (Lipinski definition) is 3. The van der Waals surface area contributed by atoms with E-state index >= 15 is 0 Å². The summed E-state index contributed by atoms with van der Waals surface area (Å²) >= 11 is 2.21. The van der Waals surface area contributed by atoms with Gasteiger partial charge < -0.3 is 9.14 Å². The summed E-state index contributed by atoms with van der Waals surface area (Å²) < 4.78 is 7.86. The van der Waals surface area contributed by atoms with E-state index in [0.717, 1.165) is 14.8 Å². The maximum atomic E-state index is 11.3. The standard InChI is InChI=1S/C11H11IN2O2/c1-2-16-10(15)6-8-5-9(12)11-13-3-4-14(11)7-8/h3-5,7H,2,6H2,1H3. The van der Waals surface area contributed by atoms with Gasteiger partial charge in [0.2, 0.25) is 0 Å². The third kappa shape index (κ3) is 2.34. The summed E-state index contributed by atoms with van der Waals surface area (Å²) in [6.45, 7) is 2.23. The molecule has 0 spiro atoms. The topological polar surface area (TPSA) is 43.6 Å². The lowest BCUT2D eigenvalue weighted by Gasteiger charge is -2.04. The molecule has 0 N–H and O–H groups in total. The van der Waals surface area contributed by atoms with Crippen LogP contribution < -0.4 is 0 Å². The molecule has 0 aliphatic carbocycles. The third-order valence-electron chi connectivity index (χ3n) is 2.15. The van der Waals surface area contributed by atoms with Crippen LogP contribution in [0.4, 0.5) is 0 Å². The first-order valence-corrected chi connectivity index (χ1v) is 6.05. The van der Waals surface area contributed by atoms with Gasteiger partial charge >= 0.3 is 5.97 Å². The molecule has 0 bridgehead atoms. The summed E-state index contributed by atoms with van der Waals surface area (Å²) in [6, 6.07) is 1.96. The van der Waals surface area contributed by atoms with Crippen LogP contribution in [-0.4, -0.2) is 22.0 Å². The second-order valence-corrected chi connectivity index (χ2v) is 4.50.